The smallest absolute Gasteiger partial charge is 0.320 e. The van der Waals surface area contributed by atoms with Gasteiger partial charge < -0.3 is 14.8 Å². The molecule has 1 atom stereocenters. The summed E-state index contributed by atoms with van der Waals surface area (Å²) in [5.74, 6) is 1.98. The summed E-state index contributed by atoms with van der Waals surface area (Å²) in [5.41, 5.74) is 0.364. The molecule has 0 saturated heterocycles. The molecule has 2 amide bonds. The molecule has 0 spiro atoms. The minimum atomic E-state index is -1.21. The lowest BCUT2D eigenvalue weighted by Crippen LogP contribution is -2.40. The number of aliphatic hydroxyl groups is 1. The minimum absolute atomic E-state index is 0.0666. The van der Waals surface area contributed by atoms with E-state index in [1.165, 1.54) is 0 Å². The van der Waals surface area contributed by atoms with Crippen molar-refractivity contribution in [1.82, 2.24) is 15.1 Å². The number of hydrogen-bond donors (Lipinski definition) is 3. The summed E-state index contributed by atoms with van der Waals surface area (Å²) >= 11 is 0. The average Bonchev–Trinajstić information content (AvgIpc) is 3.00. The van der Waals surface area contributed by atoms with Crippen molar-refractivity contribution in [3.8, 4) is 0 Å². The van der Waals surface area contributed by atoms with E-state index in [1.807, 2.05) is 19.9 Å². The highest BCUT2D eigenvalue weighted by Crippen LogP contribution is 2.26. The summed E-state index contributed by atoms with van der Waals surface area (Å²) in [4.78, 5) is 12.0. The highest BCUT2D eigenvalue weighted by Gasteiger charge is 2.28. The van der Waals surface area contributed by atoms with E-state index in [0.717, 1.165) is 17.9 Å². The Hall–Kier alpha value is -2.28. The van der Waals surface area contributed by atoms with Gasteiger partial charge in [0.2, 0.25) is 0 Å². The monoisotopic (exact) mass is 320 g/mol. The third-order valence-corrected chi connectivity index (χ3v) is 3.75. The molecule has 0 unspecified atom stereocenters. The zero-order chi connectivity index (χ0) is 17.2. The van der Waals surface area contributed by atoms with Gasteiger partial charge in [-0.1, -0.05) is 6.92 Å². The van der Waals surface area contributed by atoms with Crippen molar-refractivity contribution in [3.63, 3.8) is 0 Å². The number of anilines is 1. The number of carbonyl (C=O) groups excluding carboxylic acids is 1. The van der Waals surface area contributed by atoms with Crippen LogP contribution in [0.3, 0.4) is 0 Å². The van der Waals surface area contributed by atoms with Crippen LogP contribution in [0.15, 0.2) is 16.5 Å². The molecule has 2 aromatic rings. The van der Waals surface area contributed by atoms with E-state index in [2.05, 4.69) is 15.7 Å². The van der Waals surface area contributed by atoms with Crippen molar-refractivity contribution < 1.29 is 14.3 Å². The van der Waals surface area contributed by atoms with Gasteiger partial charge in [-0.25, -0.2) is 4.79 Å². The van der Waals surface area contributed by atoms with Crippen LogP contribution in [0.1, 0.15) is 36.6 Å². The molecule has 2 rings (SSSR count). The number of nitrogens with zero attached hydrogens (tertiary/aromatic N) is 2. The van der Waals surface area contributed by atoms with Crippen LogP contribution in [0, 0.1) is 13.8 Å². The van der Waals surface area contributed by atoms with Crippen LogP contribution in [-0.4, -0.2) is 27.5 Å². The first-order valence-electron chi connectivity index (χ1n) is 7.60. The number of urea groups is 1. The maximum Gasteiger partial charge on any atom is 0.320 e. The maximum absolute atomic E-state index is 12.0. The van der Waals surface area contributed by atoms with E-state index in [0.29, 0.717) is 17.1 Å². The second kappa shape index (κ2) is 6.45. The Bertz CT molecular complexity index is 700. The fourth-order valence-electron chi connectivity index (χ4n) is 2.49. The van der Waals surface area contributed by atoms with E-state index < -0.39 is 11.6 Å². The standard InChI is InChI=1S/C16H24N4O3/c1-6-12-8-14(20(5)19-12)18-15(21)17-9-16(4,22)13-7-10(2)23-11(13)3/h7-8,22H,6,9H2,1-5H3,(H2,17,18,21)/t16-/m0/s1. The Labute approximate surface area is 135 Å². The number of rotatable bonds is 5. The Balaban J connectivity index is 1.98. The van der Waals surface area contributed by atoms with Crippen molar-refractivity contribution in [2.24, 2.45) is 7.05 Å². The van der Waals surface area contributed by atoms with E-state index in [1.54, 1.807) is 31.6 Å². The molecule has 126 valence electrons. The molecule has 0 aliphatic heterocycles. The maximum atomic E-state index is 12.0. The lowest BCUT2D eigenvalue weighted by molar-refractivity contribution is 0.0584. The molecule has 23 heavy (non-hydrogen) atoms. The first kappa shape index (κ1) is 17.1. The average molecular weight is 320 g/mol. The topological polar surface area (TPSA) is 92.3 Å². The SMILES string of the molecule is CCc1cc(NC(=O)NC[C@](C)(O)c2cc(C)oc2C)n(C)n1. The number of nitrogens with one attached hydrogen (secondary N) is 2. The van der Waals surface area contributed by atoms with Crippen molar-refractivity contribution >= 4 is 11.8 Å². The van der Waals surface area contributed by atoms with Crippen LogP contribution in [0.5, 0.6) is 0 Å². The third kappa shape index (κ3) is 3.92. The predicted octanol–water partition coefficient (Wildman–Crippen LogP) is 2.22. The van der Waals surface area contributed by atoms with E-state index in [-0.39, 0.29) is 6.54 Å². The molecule has 7 nitrogen and oxygen atoms in total. The molecule has 0 aliphatic rings. The van der Waals surface area contributed by atoms with E-state index in [9.17, 15) is 9.90 Å². The highest BCUT2D eigenvalue weighted by atomic mass is 16.3. The van der Waals surface area contributed by atoms with Crippen LogP contribution in [0.25, 0.3) is 0 Å². The molecule has 2 heterocycles. The van der Waals surface area contributed by atoms with Crippen LogP contribution >= 0.6 is 0 Å². The summed E-state index contributed by atoms with van der Waals surface area (Å²) in [6, 6.07) is 3.21. The van der Waals surface area contributed by atoms with Crippen molar-refractivity contribution in [1.29, 1.82) is 0 Å². The quantitative estimate of drug-likeness (QED) is 0.787. The van der Waals surface area contributed by atoms with Crippen molar-refractivity contribution in [2.45, 2.75) is 39.7 Å². The number of aromatic nitrogens is 2. The number of furan rings is 1. The molecule has 0 radical (unpaired) electrons. The molecule has 0 fully saturated rings. The normalized spacial score (nSPS) is 13.7. The number of hydrogen-bond acceptors (Lipinski definition) is 4. The van der Waals surface area contributed by atoms with Crippen LogP contribution < -0.4 is 10.6 Å². The lowest BCUT2D eigenvalue weighted by Gasteiger charge is -2.23. The van der Waals surface area contributed by atoms with Crippen LogP contribution in [-0.2, 0) is 19.1 Å². The van der Waals surface area contributed by atoms with Gasteiger partial charge in [-0.15, -0.1) is 0 Å². The van der Waals surface area contributed by atoms with Gasteiger partial charge in [0.05, 0.1) is 12.2 Å². The molecule has 0 aliphatic carbocycles. The Morgan fingerprint density at radius 2 is 2.13 bits per heavy atom. The van der Waals surface area contributed by atoms with Crippen molar-refractivity contribution in [2.75, 3.05) is 11.9 Å². The molecular formula is C16H24N4O3. The molecule has 0 bridgehead atoms. The highest BCUT2D eigenvalue weighted by molar-refractivity contribution is 5.88. The first-order chi connectivity index (χ1) is 10.7. The fourth-order valence-corrected chi connectivity index (χ4v) is 2.49. The molecule has 0 aromatic carbocycles. The summed E-state index contributed by atoms with van der Waals surface area (Å²) in [7, 11) is 1.77. The predicted molar refractivity (Wildman–Crippen MR) is 87.4 cm³/mol. The Morgan fingerprint density at radius 1 is 1.43 bits per heavy atom. The van der Waals surface area contributed by atoms with Crippen LogP contribution in [0.2, 0.25) is 0 Å². The molecule has 2 aromatic heterocycles. The number of aryl methyl sites for hydroxylation is 4. The van der Waals surface area contributed by atoms with E-state index >= 15 is 0 Å². The Morgan fingerprint density at radius 3 is 2.65 bits per heavy atom. The molecule has 0 saturated carbocycles. The lowest BCUT2D eigenvalue weighted by atomic mass is 9.96. The van der Waals surface area contributed by atoms with Gasteiger partial charge in [0, 0.05) is 18.7 Å². The van der Waals surface area contributed by atoms with Gasteiger partial charge in [-0.3, -0.25) is 10.00 Å². The molecule has 7 heteroatoms. The largest absolute Gasteiger partial charge is 0.466 e. The molecular weight excluding hydrogens is 296 g/mol. The fraction of sp³-hybridized carbons (Fsp3) is 0.500. The second-order valence-corrected chi connectivity index (χ2v) is 5.91. The van der Waals surface area contributed by atoms with Gasteiger partial charge in [0.15, 0.2) is 0 Å². The zero-order valence-corrected chi connectivity index (χ0v) is 14.2. The van der Waals surface area contributed by atoms with Gasteiger partial charge in [0.25, 0.3) is 0 Å². The summed E-state index contributed by atoms with van der Waals surface area (Å²) < 4.78 is 7.05. The second-order valence-electron chi connectivity index (χ2n) is 5.91. The summed E-state index contributed by atoms with van der Waals surface area (Å²) in [5, 5.41) is 20.2. The van der Waals surface area contributed by atoms with Crippen molar-refractivity contribution in [3.05, 3.63) is 34.9 Å². The molecule has 3 N–H and O–H groups in total. The summed E-state index contributed by atoms with van der Waals surface area (Å²) in [6.45, 7) is 7.32. The van der Waals surface area contributed by atoms with Gasteiger partial charge in [0.1, 0.15) is 22.9 Å². The van der Waals surface area contributed by atoms with Gasteiger partial charge in [-0.2, -0.15) is 5.10 Å². The Kier molecular flexibility index (Phi) is 4.79. The van der Waals surface area contributed by atoms with Gasteiger partial charge >= 0.3 is 6.03 Å². The summed E-state index contributed by atoms with van der Waals surface area (Å²) in [6.07, 6.45) is 0.797. The minimum Gasteiger partial charge on any atom is -0.466 e. The van der Waals surface area contributed by atoms with E-state index in [4.69, 9.17) is 4.42 Å². The third-order valence-electron chi connectivity index (χ3n) is 3.75. The van der Waals surface area contributed by atoms with Crippen LogP contribution in [0.4, 0.5) is 10.6 Å². The van der Waals surface area contributed by atoms with Gasteiger partial charge in [-0.05, 0) is 33.3 Å². The number of carbonyl (C=O) groups is 1. The first-order valence-corrected chi connectivity index (χ1v) is 7.60. The zero-order valence-electron chi connectivity index (χ0n) is 14.2. The number of amides is 2.